The Hall–Kier alpha value is -0.870. The summed E-state index contributed by atoms with van der Waals surface area (Å²) < 4.78 is 26.7. The predicted octanol–water partition coefficient (Wildman–Crippen LogP) is 2.18. The summed E-state index contributed by atoms with van der Waals surface area (Å²) >= 11 is 0. The second kappa shape index (κ2) is 11.6. The number of hydrogen-bond acceptors (Lipinski definition) is 3. The van der Waals surface area contributed by atoms with Crippen molar-refractivity contribution in [3.05, 3.63) is 30.3 Å². The molecular formula is C16H29IN4O2S. The Kier molecular flexibility index (Phi) is 11.2. The molecule has 138 valence electrons. The quantitative estimate of drug-likeness (QED) is 0.237. The van der Waals surface area contributed by atoms with Crippen LogP contribution < -0.4 is 15.4 Å². The number of hydrogen-bond donors (Lipinski definition) is 3. The maximum absolute atomic E-state index is 12.1. The third-order valence-electron chi connectivity index (χ3n) is 3.44. The van der Waals surface area contributed by atoms with Crippen LogP contribution >= 0.6 is 24.0 Å². The van der Waals surface area contributed by atoms with Gasteiger partial charge in [-0.15, -0.1) is 24.0 Å². The summed E-state index contributed by atoms with van der Waals surface area (Å²) in [6.07, 6.45) is 0. The summed E-state index contributed by atoms with van der Waals surface area (Å²) in [7, 11) is -3.47. The Bertz CT molecular complexity index is 591. The Morgan fingerprint density at radius 1 is 1.17 bits per heavy atom. The first-order valence-electron chi connectivity index (χ1n) is 7.96. The van der Waals surface area contributed by atoms with Gasteiger partial charge < -0.3 is 10.6 Å². The van der Waals surface area contributed by atoms with Gasteiger partial charge in [-0.1, -0.05) is 32.0 Å². The predicted molar refractivity (Wildman–Crippen MR) is 110 cm³/mol. The molecule has 24 heavy (non-hydrogen) atoms. The fourth-order valence-corrected chi connectivity index (χ4v) is 2.78. The molecule has 1 aromatic rings. The Balaban J connectivity index is 0.00000529. The van der Waals surface area contributed by atoms with Crippen molar-refractivity contribution in [2.75, 3.05) is 19.6 Å². The molecule has 8 heteroatoms. The molecule has 0 spiro atoms. The van der Waals surface area contributed by atoms with Crippen LogP contribution in [-0.2, 0) is 10.0 Å². The SMILES string of the molecule is CCNC(=NCCNS(=O)(=O)c1ccccc1)NC(C)C(C)C.I. The van der Waals surface area contributed by atoms with E-state index in [9.17, 15) is 8.42 Å². The monoisotopic (exact) mass is 468 g/mol. The summed E-state index contributed by atoms with van der Waals surface area (Å²) in [4.78, 5) is 4.67. The topological polar surface area (TPSA) is 82.6 Å². The van der Waals surface area contributed by atoms with Crippen LogP contribution in [0.25, 0.3) is 0 Å². The van der Waals surface area contributed by atoms with E-state index in [0.717, 1.165) is 6.54 Å². The number of guanidine groups is 1. The molecule has 1 rings (SSSR count). The van der Waals surface area contributed by atoms with E-state index in [1.165, 1.54) is 0 Å². The molecule has 0 heterocycles. The fourth-order valence-electron chi connectivity index (χ4n) is 1.73. The van der Waals surface area contributed by atoms with Gasteiger partial charge in [-0.2, -0.15) is 0 Å². The molecule has 0 aliphatic heterocycles. The number of aliphatic imine (C=N–C) groups is 1. The lowest BCUT2D eigenvalue weighted by Gasteiger charge is -2.20. The molecule has 0 amide bonds. The number of halogens is 1. The lowest BCUT2D eigenvalue weighted by Crippen LogP contribution is -2.44. The number of sulfonamides is 1. The lowest BCUT2D eigenvalue weighted by molar-refractivity contribution is 0.481. The molecule has 1 atom stereocenters. The molecule has 0 aliphatic rings. The second-order valence-corrected chi connectivity index (χ2v) is 7.42. The fraction of sp³-hybridized carbons (Fsp3) is 0.562. The van der Waals surface area contributed by atoms with Crippen LogP contribution in [0.1, 0.15) is 27.7 Å². The standard InChI is InChI=1S/C16H28N4O2S.HI/c1-5-17-16(20-14(4)13(2)3)18-11-12-19-23(21,22)15-9-7-6-8-10-15;/h6-10,13-14,19H,5,11-12H2,1-4H3,(H2,17,18,20);1H. The highest BCUT2D eigenvalue weighted by Crippen LogP contribution is 2.06. The van der Waals surface area contributed by atoms with Gasteiger partial charge in [0, 0.05) is 19.1 Å². The van der Waals surface area contributed by atoms with Crippen LogP contribution in [0, 0.1) is 5.92 Å². The zero-order valence-electron chi connectivity index (χ0n) is 14.7. The molecule has 0 aromatic heterocycles. The van der Waals surface area contributed by atoms with Crippen LogP contribution in [0.4, 0.5) is 0 Å². The summed E-state index contributed by atoms with van der Waals surface area (Å²) in [6.45, 7) is 9.73. The molecule has 6 nitrogen and oxygen atoms in total. The van der Waals surface area contributed by atoms with Gasteiger partial charge in [0.2, 0.25) is 10.0 Å². The molecule has 1 unspecified atom stereocenters. The minimum absolute atomic E-state index is 0. The van der Waals surface area contributed by atoms with Crippen molar-refractivity contribution in [3.8, 4) is 0 Å². The first-order chi connectivity index (χ1) is 10.9. The summed E-state index contributed by atoms with van der Waals surface area (Å²) in [5.74, 6) is 1.18. The van der Waals surface area contributed by atoms with Crippen molar-refractivity contribution < 1.29 is 8.42 Å². The van der Waals surface area contributed by atoms with Gasteiger partial charge in [0.05, 0.1) is 11.4 Å². The molecule has 0 fully saturated rings. The first kappa shape index (κ1) is 23.1. The van der Waals surface area contributed by atoms with Crippen molar-refractivity contribution >= 4 is 40.0 Å². The molecule has 3 N–H and O–H groups in total. The number of benzene rings is 1. The van der Waals surface area contributed by atoms with E-state index in [0.29, 0.717) is 18.4 Å². The maximum atomic E-state index is 12.1. The van der Waals surface area contributed by atoms with Gasteiger partial charge in [-0.05, 0) is 31.9 Å². The molecule has 0 aliphatic carbocycles. The summed E-state index contributed by atoms with van der Waals surface area (Å²) in [5.41, 5.74) is 0. The van der Waals surface area contributed by atoms with Gasteiger partial charge in [0.15, 0.2) is 5.96 Å². The van der Waals surface area contributed by atoms with Gasteiger partial charge in [-0.25, -0.2) is 13.1 Å². The van der Waals surface area contributed by atoms with Crippen molar-refractivity contribution in [1.29, 1.82) is 0 Å². The molecule has 0 bridgehead atoms. The maximum Gasteiger partial charge on any atom is 0.240 e. The summed E-state index contributed by atoms with van der Waals surface area (Å²) in [5, 5.41) is 6.47. The first-order valence-corrected chi connectivity index (χ1v) is 9.44. The molecular weight excluding hydrogens is 439 g/mol. The van der Waals surface area contributed by atoms with Crippen molar-refractivity contribution in [1.82, 2.24) is 15.4 Å². The Morgan fingerprint density at radius 2 is 1.79 bits per heavy atom. The van der Waals surface area contributed by atoms with Gasteiger partial charge in [0.1, 0.15) is 0 Å². The highest BCUT2D eigenvalue weighted by atomic mass is 127. The highest BCUT2D eigenvalue weighted by Gasteiger charge is 2.12. The third kappa shape index (κ3) is 8.29. The number of nitrogens with one attached hydrogen (secondary N) is 3. The van der Waals surface area contributed by atoms with Crippen LogP contribution in [0.2, 0.25) is 0 Å². The van der Waals surface area contributed by atoms with Crippen LogP contribution in [-0.4, -0.2) is 40.1 Å². The van der Waals surface area contributed by atoms with Gasteiger partial charge >= 0.3 is 0 Å². The smallest absolute Gasteiger partial charge is 0.240 e. The Labute approximate surface area is 163 Å². The average molecular weight is 468 g/mol. The molecule has 0 saturated carbocycles. The third-order valence-corrected chi connectivity index (χ3v) is 4.91. The van der Waals surface area contributed by atoms with E-state index in [1.807, 2.05) is 6.92 Å². The van der Waals surface area contributed by atoms with Gasteiger partial charge in [0.25, 0.3) is 0 Å². The van der Waals surface area contributed by atoms with E-state index in [-0.39, 0.29) is 41.5 Å². The van der Waals surface area contributed by atoms with E-state index < -0.39 is 10.0 Å². The van der Waals surface area contributed by atoms with E-state index in [2.05, 4.69) is 41.1 Å². The highest BCUT2D eigenvalue weighted by molar-refractivity contribution is 14.0. The van der Waals surface area contributed by atoms with E-state index in [1.54, 1.807) is 30.3 Å². The normalized spacial score (nSPS) is 13.3. The molecule has 0 saturated heterocycles. The summed E-state index contributed by atoms with van der Waals surface area (Å²) in [6, 6.07) is 8.62. The van der Waals surface area contributed by atoms with Crippen LogP contribution in [0.15, 0.2) is 40.2 Å². The van der Waals surface area contributed by atoms with Crippen molar-refractivity contribution in [2.45, 2.75) is 38.6 Å². The Morgan fingerprint density at radius 3 is 2.33 bits per heavy atom. The van der Waals surface area contributed by atoms with Crippen molar-refractivity contribution in [3.63, 3.8) is 0 Å². The van der Waals surface area contributed by atoms with Crippen LogP contribution in [0.5, 0.6) is 0 Å². The molecule has 1 aromatic carbocycles. The van der Waals surface area contributed by atoms with Gasteiger partial charge in [-0.3, -0.25) is 4.99 Å². The number of nitrogens with zero attached hydrogens (tertiary/aromatic N) is 1. The second-order valence-electron chi connectivity index (χ2n) is 5.65. The zero-order chi connectivity index (χ0) is 17.3. The largest absolute Gasteiger partial charge is 0.357 e. The zero-order valence-corrected chi connectivity index (χ0v) is 17.9. The van der Waals surface area contributed by atoms with Crippen molar-refractivity contribution in [2.24, 2.45) is 10.9 Å². The minimum Gasteiger partial charge on any atom is -0.357 e. The van der Waals surface area contributed by atoms with E-state index in [4.69, 9.17) is 0 Å². The van der Waals surface area contributed by atoms with Crippen LogP contribution in [0.3, 0.4) is 0 Å². The number of rotatable bonds is 8. The average Bonchev–Trinajstić information content (AvgIpc) is 2.52. The lowest BCUT2D eigenvalue weighted by atomic mass is 10.1. The molecule has 0 radical (unpaired) electrons. The minimum atomic E-state index is -3.47. The van der Waals surface area contributed by atoms with E-state index >= 15 is 0 Å².